The standard InChI is InChI=1S/C35H34O8/c1-38-35-32(40-23-26-16-8-3-9-17-26)31(43-34(37)28-20-12-5-13-21-28)30(39-22-25-14-6-2-7-15-25)29(42-35)24-41-33(36)27-18-10-4-11-19-27/h2-21,29-32,35H,22-24H2,1H3/t29-,30-,31+,32+,35+/m1/s1. The number of carbonyl (C=O) groups excluding carboxylic acids is 2. The molecule has 8 heteroatoms. The molecular formula is C35H34O8. The molecule has 8 nitrogen and oxygen atoms in total. The Hall–Kier alpha value is -4.34. The van der Waals surface area contributed by atoms with E-state index in [-0.39, 0.29) is 19.8 Å². The summed E-state index contributed by atoms with van der Waals surface area (Å²) in [7, 11) is 1.48. The van der Waals surface area contributed by atoms with Crippen molar-refractivity contribution in [2.24, 2.45) is 0 Å². The Bertz CT molecular complexity index is 1420. The maximum Gasteiger partial charge on any atom is 0.338 e. The molecule has 0 bridgehead atoms. The highest BCUT2D eigenvalue weighted by Crippen LogP contribution is 2.31. The van der Waals surface area contributed by atoms with Crippen LogP contribution in [0.4, 0.5) is 0 Å². The van der Waals surface area contributed by atoms with Crippen molar-refractivity contribution >= 4 is 11.9 Å². The van der Waals surface area contributed by atoms with Crippen molar-refractivity contribution in [2.75, 3.05) is 13.7 Å². The van der Waals surface area contributed by atoms with E-state index in [1.165, 1.54) is 7.11 Å². The van der Waals surface area contributed by atoms with E-state index in [1.807, 2.05) is 72.8 Å². The van der Waals surface area contributed by atoms with Gasteiger partial charge in [0.2, 0.25) is 0 Å². The fraction of sp³-hybridized carbons (Fsp3) is 0.257. The number of hydrogen-bond donors (Lipinski definition) is 0. The first-order valence-corrected chi connectivity index (χ1v) is 14.1. The van der Waals surface area contributed by atoms with E-state index in [2.05, 4.69) is 0 Å². The number of hydrogen-bond acceptors (Lipinski definition) is 8. The van der Waals surface area contributed by atoms with Gasteiger partial charge in [-0.2, -0.15) is 0 Å². The first-order valence-electron chi connectivity index (χ1n) is 14.1. The molecule has 0 N–H and O–H groups in total. The molecule has 4 aromatic carbocycles. The Balaban J connectivity index is 1.44. The summed E-state index contributed by atoms with van der Waals surface area (Å²) in [5.41, 5.74) is 2.61. The van der Waals surface area contributed by atoms with Gasteiger partial charge in [0.25, 0.3) is 0 Å². The van der Waals surface area contributed by atoms with Gasteiger partial charge in [0.15, 0.2) is 12.4 Å². The summed E-state index contributed by atoms with van der Waals surface area (Å²) in [6, 6.07) is 36.6. The topological polar surface area (TPSA) is 89.5 Å². The second kappa shape index (κ2) is 15.2. The fourth-order valence-electron chi connectivity index (χ4n) is 4.83. The molecule has 4 aromatic rings. The van der Waals surface area contributed by atoms with Crippen LogP contribution in [-0.4, -0.2) is 56.4 Å². The fourth-order valence-corrected chi connectivity index (χ4v) is 4.83. The summed E-state index contributed by atoms with van der Waals surface area (Å²) in [4.78, 5) is 26.2. The van der Waals surface area contributed by atoms with Crippen LogP contribution >= 0.6 is 0 Å². The van der Waals surface area contributed by atoms with E-state index in [0.717, 1.165) is 11.1 Å². The highest BCUT2D eigenvalue weighted by atomic mass is 16.7. The minimum Gasteiger partial charge on any atom is -0.459 e. The average molecular weight is 583 g/mol. The monoisotopic (exact) mass is 582 g/mol. The third kappa shape index (κ3) is 8.15. The van der Waals surface area contributed by atoms with Gasteiger partial charge in [0, 0.05) is 7.11 Å². The van der Waals surface area contributed by atoms with Gasteiger partial charge in [-0.25, -0.2) is 9.59 Å². The lowest BCUT2D eigenvalue weighted by Crippen LogP contribution is -2.62. The van der Waals surface area contributed by atoms with Crippen LogP contribution in [0.3, 0.4) is 0 Å². The van der Waals surface area contributed by atoms with Crippen molar-refractivity contribution in [2.45, 2.75) is 43.9 Å². The van der Waals surface area contributed by atoms with E-state index in [1.54, 1.807) is 48.5 Å². The second-order valence-electron chi connectivity index (χ2n) is 10.0. The van der Waals surface area contributed by atoms with Crippen LogP contribution in [0.2, 0.25) is 0 Å². The van der Waals surface area contributed by atoms with Crippen LogP contribution in [0, 0.1) is 0 Å². The van der Waals surface area contributed by atoms with Gasteiger partial charge in [0.05, 0.1) is 24.3 Å². The Morgan fingerprint density at radius 1 is 0.605 bits per heavy atom. The lowest BCUT2D eigenvalue weighted by atomic mass is 9.97. The van der Waals surface area contributed by atoms with Gasteiger partial charge in [0.1, 0.15) is 24.9 Å². The van der Waals surface area contributed by atoms with E-state index >= 15 is 0 Å². The normalized spacial score (nSPS) is 21.6. The molecule has 0 unspecified atom stereocenters. The van der Waals surface area contributed by atoms with Crippen molar-refractivity contribution < 1.29 is 38.0 Å². The van der Waals surface area contributed by atoms with Crippen LogP contribution < -0.4 is 0 Å². The van der Waals surface area contributed by atoms with Gasteiger partial charge in [-0.15, -0.1) is 0 Å². The van der Waals surface area contributed by atoms with E-state index < -0.39 is 42.6 Å². The summed E-state index contributed by atoms with van der Waals surface area (Å²) in [6.07, 6.45) is -4.50. The molecule has 0 radical (unpaired) electrons. The van der Waals surface area contributed by atoms with Gasteiger partial charge in [-0.1, -0.05) is 97.1 Å². The third-order valence-corrected chi connectivity index (χ3v) is 7.03. The van der Waals surface area contributed by atoms with Crippen molar-refractivity contribution in [3.63, 3.8) is 0 Å². The Morgan fingerprint density at radius 3 is 1.58 bits per heavy atom. The molecular weight excluding hydrogens is 548 g/mol. The highest BCUT2D eigenvalue weighted by Gasteiger charge is 2.50. The minimum absolute atomic E-state index is 0.169. The van der Waals surface area contributed by atoms with Crippen LogP contribution in [-0.2, 0) is 41.6 Å². The molecule has 5 atom stereocenters. The van der Waals surface area contributed by atoms with Gasteiger partial charge >= 0.3 is 11.9 Å². The van der Waals surface area contributed by atoms with Crippen LogP contribution in [0.25, 0.3) is 0 Å². The van der Waals surface area contributed by atoms with E-state index in [4.69, 9.17) is 28.4 Å². The van der Waals surface area contributed by atoms with Gasteiger partial charge in [-0.05, 0) is 35.4 Å². The average Bonchev–Trinajstić information content (AvgIpc) is 3.07. The smallest absolute Gasteiger partial charge is 0.338 e. The van der Waals surface area contributed by atoms with Crippen molar-refractivity contribution in [3.05, 3.63) is 144 Å². The van der Waals surface area contributed by atoms with Crippen LogP contribution in [0.5, 0.6) is 0 Å². The number of rotatable bonds is 12. The molecule has 1 heterocycles. The molecule has 0 aliphatic carbocycles. The Labute approximate surface area is 251 Å². The maximum atomic E-state index is 13.4. The Morgan fingerprint density at radius 2 is 1.07 bits per heavy atom. The van der Waals surface area contributed by atoms with E-state index in [9.17, 15) is 9.59 Å². The third-order valence-electron chi connectivity index (χ3n) is 7.03. The Kier molecular flexibility index (Phi) is 10.7. The largest absolute Gasteiger partial charge is 0.459 e. The number of benzene rings is 4. The predicted octanol–water partition coefficient (Wildman–Crippen LogP) is 5.61. The SMILES string of the molecule is CO[C@H]1O[C@H](COC(=O)c2ccccc2)[C@@H](OCc2ccccc2)[C@H](OC(=O)c2ccccc2)[C@@H]1OCc1ccccc1. The first-order chi connectivity index (χ1) is 21.1. The lowest BCUT2D eigenvalue weighted by molar-refractivity contribution is -0.312. The summed E-state index contributed by atoms with van der Waals surface area (Å²) in [6.45, 7) is 0.242. The van der Waals surface area contributed by atoms with Crippen molar-refractivity contribution in [1.82, 2.24) is 0 Å². The molecule has 0 spiro atoms. The quantitative estimate of drug-likeness (QED) is 0.199. The summed E-state index contributed by atoms with van der Waals surface area (Å²) in [5, 5.41) is 0. The molecule has 1 aliphatic rings. The first kappa shape index (κ1) is 30.1. The number of carbonyl (C=O) groups is 2. The maximum absolute atomic E-state index is 13.4. The molecule has 222 valence electrons. The molecule has 0 saturated carbocycles. The molecule has 43 heavy (non-hydrogen) atoms. The number of methoxy groups -OCH3 is 1. The summed E-state index contributed by atoms with van der Waals surface area (Å²) >= 11 is 0. The molecule has 0 aromatic heterocycles. The molecule has 5 rings (SSSR count). The molecule has 0 amide bonds. The molecule has 1 fully saturated rings. The molecule has 1 aliphatic heterocycles. The summed E-state index contributed by atoms with van der Waals surface area (Å²) < 4.78 is 36.6. The van der Waals surface area contributed by atoms with Gasteiger partial charge < -0.3 is 28.4 Å². The van der Waals surface area contributed by atoms with Crippen LogP contribution in [0.15, 0.2) is 121 Å². The van der Waals surface area contributed by atoms with Crippen LogP contribution in [0.1, 0.15) is 31.8 Å². The number of ether oxygens (including phenoxy) is 6. The molecule has 1 saturated heterocycles. The van der Waals surface area contributed by atoms with Crippen molar-refractivity contribution in [1.29, 1.82) is 0 Å². The zero-order valence-electron chi connectivity index (χ0n) is 23.8. The van der Waals surface area contributed by atoms with Crippen molar-refractivity contribution in [3.8, 4) is 0 Å². The number of esters is 2. The second-order valence-corrected chi connectivity index (χ2v) is 10.0. The lowest BCUT2D eigenvalue weighted by Gasteiger charge is -2.44. The predicted molar refractivity (Wildman–Crippen MR) is 158 cm³/mol. The minimum atomic E-state index is -0.973. The summed E-state index contributed by atoms with van der Waals surface area (Å²) in [5.74, 6) is -1.07. The van der Waals surface area contributed by atoms with Gasteiger partial charge in [-0.3, -0.25) is 0 Å². The highest BCUT2D eigenvalue weighted by molar-refractivity contribution is 5.90. The van der Waals surface area contributed by atoms with E-state index in [0.29, 0.717) is 11.1 Å². The zero-order chi connectivity index (χ0) is 29.9. The zero-order valence-corrected chi connectivity index (χ0v) is 23.8.